The second-order valence-corrected chi connectivity index (χ2v) is 3.44. The lowest BCUT2D eigenvalue weighted by atomic mass is 10.2. The lowest BCUT2D eigenvalue weighted by Crippen LogP contribution is -2.31. The highest BCUT2D eigenvalue weighted by Crippen LogP contribution is 2.12. The first-order chi connectivity index (χ1) is 7.15. The molecule has 4 nitrogen and oxygen atoms in total. The summed E-state index contributed by atoms with van der Waals surface area (Å²) in [6, 6.07) is 1.76. The number of amides is 1. The molecule has 84 valence electrons. The lowest BCUT2D eigenvalue weighted by molar-refractivity contribution is 0.0952. The van der Waals surface area contributed by atoms with E-state index in [1.165, 1.54) is 0 Å². The number of carbonyl (C=O) groups excluding carboxylic acids is 1. The van der Waals surface area contributed by atoms with Crippen molar-refractivity contribution >= 4 is 5.91 Å². The molecule has 15 heavy (non-hydrogen) atoms. The summed E-state index contributed by atoms with van der Waals surface area (Å²) in [6.45, 7) is 8.01. The smallest absolute Gasteiger partial charge is 0.254 e. The van der Waals surface area contributed by atoms with Gasteiger partial charge in [-0.2, -0.15) is 0 Å². The summed E-state index contributed by atoms with van der Waals surface area (Å²) >= 11 is 0. The van der Waals surface area contributed by atoms with E-state index in [2.05, 4.69) is 10.6 Å². The molecule has 0 fully saturated rings. The van der Waals surface area contributed by atoms with Gasteiger partial charge in [0.1, 0.15) is 11.5 Å². The molecule has 0 saturated carbocycles. The molecule has 2 N–H and O–H groups in total. The van der Waals surface area contributed by atoms with E-state index in [1.54, 1.807) is 13.0 Å². The second-order valence-electron chi connectivity index (χ2n) is 3.44. The van der Waals surface area contributed by atoms with Crippen molar-refractivity contribution in [2.24, 2.45) is 0 Å². The largest absolute Gasteiger partial charge is 0.466 e. The minimum absolute atomic E-state index is 0.0674. The fourth-order valence-electron chi connectivity index (χ4n) is 1.39. The molecular formula is C11H18N2O2. The summed E-state index contributed by atoms with van der Waals surface area (Å²) in [6.07, 6.45) is 0. The summed E-state index contributed by atoms with van der Waals surface area (Å²) in [5, 5.41) is 5.96. The van der Waals surface area contributed by atoms with Crippen LogP contribution in [0.5, 0.6) is 0 Å². The molecule has 0 radical (unpaired) electrons. The first kappa shape index (κ1) is 11.8. The van der Waals surface area contributed by atoms with Crippen molar-refractivity contribution < 1.29 is 9.21 Å². The molecule has 1 aromatic heterocycles. The first-order valence-corrected chi connectivity index (χ1v) is 5.21. The fraction of sp³-hybridized carbons (Fsp3) is 0.545. The highest BCUT2D eigenvalue weighted by molar-refractivity contribution is 5.95. The topological polar surface area (TPSA) is 54.3 Å². The van der Waals surface area contributed by atoms with Crippen molar-refractivity contribution in [2.45, 2.75) is 20.8 Å². The molecule has 0 unspecified atom stereocenters. The van der Waals surface area contributed by atoms with Gasteiger partial charge >= 0.3 is 0 Å². The summed E-state index contributed by atoms with van der Waals surface area (Å²) < 4.78 is 5.29. The summed E-state index contributed by atoms with van der Waals surface area (Å²) in [5.74, 6) is 1.38. The molecule has 0 bridgehead atoms. The molecule has 0 atom stereocenters. The summed E-state index contributed by atoms with van der Waals surface area (Å²) in [5.41, 5.74) is 0.629. The average Bonchev–Trinajstić information content (AvgIpc) is 2.52. The van der Waals surface area contributed by atoms with Gasteiger partial charge < -0.3 is 15.1 Å². The summed E-state index contributed by atoms with van der Waals surface area (Å²) in [7, 11) is 0. The van der Waals surface area contributed by atoms with Crippen LogP contribution in [0.2, 0.25) is 0 Å². The van der Waals surface area contributed by atoms with Crippen LogP contribution in [0.4, 0.5) is 0 Å². The molecule has 0 aliphatic heterocycles. The number of nitrogens with one attached hydrogen (secondary N) is 2. The van der Waals surface area contributed by atoms with Crippen LogP contribution in [0.15, 0.2) is 10.5 Å². The molecule has 0 aliphatic carbocycles. The van der Waals surface area contributed by atoms with Crippen LogP contribution in [0.25, 0.3) is 0 Å². The SMILES string of the molecule is CCNCCNC(=O)c1cc(C)oc1C. The van der Waals surface area contributed by atoms with Gasteiger partial charge in [-0.15, -0.1) is 0 Å². The van der Waals surface area contributed by atoms with Crippen LogP contribution in [0, 0.1) is 13.8 Å². The third-order valence-electron chi connectivity index (χ3n) is 2.12. The molecular weight excluding hydrogens is 192 g/mol. The van der Waals surface area contributed by atoms with Gasteiger partial charge in [0.15, 0.2) is 0 Å². The average molecular weight is 210 g/mol. The van der Waals surface area contributed by atoms with Crippen LogP contribution in [0.3, 0.4) is 0 Å². The van der Waals surface area contributed by atoms with Crippen molar-refractivity contribution in [2.75, 3.05) is 19.6 Å². The van der Waals surface area contributed by atoms with Crippen molar-refractivity contribution in [1.29, 1.82) is 0 Å². The number of aryl methyl sites for hydroxylation is 2. The van der Waals surface area contributed by atoms with Crippen molar-refractivity contribution in [3.8, 4) is 0 Å². The van der Waals surface area contributed by atoms with Gasteiger partial charge in [0.25, 0.3) is 5.91 Å². The maximum atomic E-state index is 11.6. The summed E-state index contributed by atoms with van der Waals surface area (Å²) in [4.78, 5) is 11.6. The molecule has 1 heterocycles. The van der Waals surface area contributed by atoms with Crippen LogP contribution in [-0.4, -0.2) is 25.5 Å². The zero-order valence-corrected chi connectivity index (χ0v) is 9.52. The maximum Gasteiger partial charge on any atom is 0.254 e. The third kappa shape index (κ3) is 3.40. The second kappa shape index (κ2) is 5.56. The molecule has 0 aromatic carbocycles. The fourth-order valence-corrected chi connectivity index (χ4v) is 1.39. The van der Waals surface area contributed by atoms with Gasteiger partial charge in [0.05, 0.1) is 5.56 Å². The van der Waals surface area contributed by atoms with E-state index in [-0.39, 0.29) is 5.91 Å². The minimum Gasteiger partial charge on any atom is -0.466 e. The van der Waals surface area contributed by atoms with E-state index in [1.807, 2.05) is 13.8 Å². The predicted octanol–water partition coefficient (Wildman–Crippen LogP) is 1.24. The van der Waals surface area contributed by atoms with Gasteiger partial charge in [0.2, 0.25) is 0 Å². The van der Waals surface area contributed by atoms with E-state index < -0.39 is 0 Å². The van der Waals surface area contributed by atoms with E-state index in [0.717, 1.165) is 18.8 Å². The van der Waals surface area contributed by atoms with Gasteiger partial charge in [-0.05, 0) is 26.5 Å². The normalized spacial score (nSPS) is 10.3. The molecule has 4 heteroatoms. The Labute approximate surface area is 90.0 Å². The zero-order chi connectivity index (χ0) is 11.3. The Morgan fingerprint density at radius 2 is 2.13 bits per heavy atom. The van der Waals surface area contributed by atoms with Crippen LogP contribution >= 0.6 is 0 Å². The number of hydrogen-bond donors (Lipinski definition) is 2. The molecule has 0 aliphatic rings. The molecule has 1 rings (SSSR count). The highest BCUT2D eigenvalue weighted by Gasteiger charge is 2.12. The molecule has 0 spiro atoms. The zero-order valence-electron chi connectivity index (χ0n) is 9.52. The van der Waals surface area contributed by atoms with Gasteiger partial charge in [0, 0.05) is 13.1 Å². The van der Waals surface area contributed by atoms with E-state index >= 15 is 0 Å². The quantitative estimate of drug-likeness (QED) is 0.719. The first-order valence-electron chi connectivity index (χ1n) is 5.21. The Bertz CT molecular complexity index is 331. The Morgan fingerprint density at radius 3 is 2.67 bits per heavy atom. The van der Waals surface area contributed by atoms with Gasteiger partial charge in [-0.1, -0.05) is 6.92 Å². The number of carbonyl (C=O) groups is 1. The predicted molar refractivity (Wildman–Crippen MR) is 59.1 cm³/mol. The van der Waals surface area contributed by atoms with E-state index in [4.69, 9.17) is 4.42 Å². The highest BCUT2D eigenvalue weighted by atomic mass is 16.3. The van der Waals surface area contributed by atoms with Gasteiger partial charge in [-0.3, -0.25) is 4.79 Å². The lowest BCUT2D eigenvalue weighted by Gasteiger charge is -2.04. The van der Waals surface area contributed by atoms with Gasteiger partial charge in [-0.25, -0.2) is 0 Å². The number of rotatable bonds is 5. The molecule has 0 saturated heterocycles. The van der Waals surface area contributed by atoms with Crippen LogP contribution < -0.4 is 10.6 Å². The van der Waals surface area contributed by atoms with Crippen molar-refractivity contribution in [1.82, 2.24) is 10.6 Å². The number of hydrogen-bond acceptors (Lipinski definition) is 3. The monoisotopic (exact) mass is 210 g/mol. The standard InChI is InChI=1S/C11H18N2O2/c1-4-12-5-6-13-11(14)10-7-8(2)15-9(10)3/h7,12H,4-6H2,1-3H3,(H,13,14). The minimum atomic E-state index is -0.0674. The number of likely N-dealkylation sites (N-methyl/N-ethyl adjacent to an activating group) is 1. The number of furan rings is 1. The Balaban J connectivity index is 2.43. The van der Waals surface area contributed by atoms with Crippen LogP contribution in [-0.2, 0) is 0 Å². The Hall–Kier alpha value is -1.29. The van der Waals surface area contributed by atoms with Crippen molar-refractivity contribution in [3.63, 3.8) is 0 Å². The van der Waals surface area contributed by atoms with Crippen molar-refractivity contribution in [3.05, 3.63) is 23.2 Å². The Morgan fingerprint density at radius 1 is 1.40 bits per heavy atom. The third-order valence-corrected chi connectivity index (χ3v) is 2.12. The Kier molecular flexibility index (Phi) is 4.37. The van der Waals surface area contributed by atoms with E-state index in [9.17, 15) is 4.79 Å². The van der Waals surface area contributed by atoms with Crippen LogP contribution in [0.1, 0.15) is 28.8 Å². The maximum absolute atomic E-state index is 11.6. The molecule has 1 amide bonds. The molecule has 1 aromatic rings. The van der Waals surface area contributed by atoms with E-state index in [0.29, 0.717) is 17.9 Å².